The molecule has 9 heteroatoms. The van der Waals surface area contributed by atoms with Gasteiger partial charge < -0.3 is 14.8 Å². The summed E-state index contributed by atoms with van der Waals surface area (Å²) in [6.07, 6.45) is 8.91. The minimum absolute atomic E-state index is 0. The summed E-state index contributed by atoms with van der Waals surface area (Å²) in [6.45, 7) is 4.16. The number of rotatable bonds is 9. The van der Waals surface area contributed by atoms with Crippen molar-refractivity contribution >= 4 is 41.7 Å². The Hall–Kier alpha value is -1.36. The lowest BCUT2D eigenvalue weighted by atomic mass is 10.2. The molecule has 3 rings (SSSR count). The fraction of sp³-hybridized carbons (Fsp3) is 0.591. The van der Waals surface area contributed by atoms with E-state index in [1.165, 1.54) is 31.7 Å². The van der Waals surface area contributed by atoms with Crippen molar-refractivity contribution in [1.29, 1.82) is 0 Å². The van der Waals surface area contributed by atoms with Gasteiger partial charge in [0.2, 0.25) is 0 Å². The van der Waals surface area contributed by atoms with Gasteiger partial charge in [-0.05, 0) is 50.1 Å². The number of halogens is 2. The third-order valence-corrected chi connectivity index (χ3v) is 6.08. The number of aryl methyl sites for hydroxylation is 1. The molecule has 0 radical (unpaired) electrons. The molecule has 1 aromatic carbocycles. The number of guanidine groups is 1. The molecule has 0 bridgehead atoms. The van der Waals surface area contributed by atoms with Gasteiger partial charge >= 0.3 is 0 Å². The van der Waals surface area contributed by atoms with E-state index in [9.17, 15) is 4.39 Å². The number of aliphatic imine (C=N–C) groups is 1. The van der Waals surface area contributed by atoms with E-state index in [0.29, 0.717) is 19.1 Å². The Bertz CT molecular complexity index is 837. The molecule has 1 aliphatic rings. The van der Waals surface area contributed by atoms with Gasteiger partial charge in [0.1, 0.15) is 11.6 Å². The van der Waals surface area contributed by atoms with Gasteiger partial charge in [0.05, 0.1) is 0 Å². The highest BCUT2D eigenvalue weighted by atomic mass is 127. The van der Waals surface area contributed by atoms with E-state index in [1.54, 1.807) is 23.9 Å². The van der Waals surface area contributed by atoms with Crippen LogP contribution in [0.3, 0.4) is 0 Å². The molecular formula is C22H34FIN6S. The largest absolute Gasteiger partial charge is 0.357 e. The summed E-state index contributed by atoms with van der Waals surface area (Å²) < 4.78 is 15.8. The fourth-order valence-corrected chi connectivity index (χ4v) is 4.60. The van der Waals surface area contributed by atoms with Crippen LogP contribution in [0, 0.1) is 5.82 Å². The molecule has 172 valence electrons. The first-order valence-electron chi connectivity index (χ1n) is 10.8. The van der Waals surface area contributed by atoms with Gasteiger partial charge in [-0.3, -0.25) is 4.99 Å². The number of hydrogen-bond donors (Lipinski definition) is 1. The molecular weight excluding hydrogens is 526 g/mol. The smallest absolute Gasteiger partial charge is 0.193 e. The number of aromatic nitrogens is 3. The van der Waals surface area contributed by atoms with Gasteiger partial charge in [-0.15, -0.1) is 34.2 Å². The van der Waals surface area contributed by atoms with Crippen LogP contribution in [-0.4, -0.2) is 52.0 Å². The van der Waals surface area contributed by atoms with Crippen LogP contribution in [0.5, 0.6) is 0 Å². The van der Waals surface area contributed by atoms with Crippen LogP contribution in [0.4, 0.5) is 4.39 Å². The van der Waals surface area contributed by atoms with Gasteiger partial charge in [-0.1, -0.05) is 36.7 Å². The highest BCUT2D eigenvalue weighted by Gasteiger charge is 2.23. The molecule has 0 unspecified atom stereocenters. The Labute approximate surface area is 206 Å². The first-order valence-corrected chi connectivity index (χ1v) is 12.1. The van der Waals surface area contributed by atoms with E-state index >= 15 is 0 Å². The molecule has 1 aromatic heterocycles. The average Bonchev–Trinajstić information content (AvgIpc) is 3.39. The minimum atomic E-state index is -0.209. The molecule has 6 nitrogen and oxygen atoms in total. The van der Waals surface area contributed by atoms with Crippen molar-refractivity contribution in [3.8, 4) is 0 Å². The average molecular weight is 561 g/mol. The molecule has 0 aliphatic heterocycles. The zero-order valence-electron chi connectivity index (χ0n) is 18.7. The zero-order chi connectivity index (χ0) is 21.3. The van der Waals surface area contributed by atoms with Crippen LogP contribution in [-0.2, 0) is 13.0 Å². The molecule has 1 fully saturated rings. The first kappa shape index (κ1) is 25.9. The summed E-state index contributed by atoms with van der Waals surface area (Å²) in [5, 5.41) is 13.2. The van der Waals surface area contributed by atoms with Gasteiger partial charge in [-0.25, -0.2) is 4.39 Å². The zero-order valence-corrected chi connectivity index (χ0v) is 21.8. The number of nitrogens with one attached hydrogen (secondary N) is 1. The first-order chi connectivity index (χ1) is 14.6. The van der Waals surface area contributed by atoms with Crippen molar-refractivity contribution < 1.29 is 4.39 Å². The normalized spacial score (nSPS) is 14.5. The summed E-state index contributed by atoms with van der Waals surface area (Å²) in [5.41, 5.74) is 0.928. The quantitative estimate of drug-likeness (QED) is 0.156. The monoisotopic (exact) mass is 560 g/mol. The van der Waals surface area contributed by atoms with Crippen molar-refractivity contribution in [3.63, 3.8) is 0 Å². The highest BCUT2D eigenvalue weighted by Crippen LogP contribution is 2.33. The lowest BCUT2D eigenvalue weighted by molar-refractivity contribution is 0.459. The predicted molar refractivity (Wildman–Crippen MR) is 137 cm³/mol. The van der Waals surface area contributed by atoms with Crippen LogP contribution in [0.25, 0.3) is 0 Å². The van der Waals surface area contributed by atoms with Crippen LogP contribution in [0.1, 0.15) is 56.5 Å². The van der Waals surface area contributed by atoms with E-state index in [-0.39, 0.29) is 29.8 Å². The molecule has 1 heterocycles. The maximum Gasteiger partial charge on any atom is 0.193 e. The number of nitrogens with zero attached hydrogens (tertiary/aromatic N) is 5. The lowest BCUT2D eigenvalue weighted by Gasteiger charge is -2.22. The molecule has 0 amide bonds. The van der Waals surface area contributed by atoms with Crippen molar-refractivity contribution in [3.05, 3.63) is 41.5 Å². The Morgan fingerprint density at radius 2 is 2.10 bits per heavy atom. The molecule has 2 aromatic rings. The van der Waals surface area contributed by atoms with Gasteiger partial charge in [0.15, 0.2) is 11.1 Å². The third kappa shape index (κ3) is 7.34. The summed E-state index contributed by atoms with van der Waals surface area (Å²) in [5.74, 6) is 1.71. The van der Waals surface area contributed by atoms with E-state index in [1.807, 2.05) is 18.0 Å². The second-order valence-corrected chi connectivity index (χ2v) is 8.51. The molecule has 31 heavy (non-hydrogen) atoms. The van der Waals surface area contributed by atoms with Gasteiger partial charge in [-0.2, -0.15) is 0 Å². The second-order valence-electron chi connectivity index (χ2n) is 7.74. The Morgan fingerprint density at radius 3 is 2.77 bits per heavy atom. The van der Waals surface area contributed by atoms with E-state index in [0.717, 1.165) is 41.9 Å². The van der Waals surface area contributed by atoms with Crippen molar-refractivity contribution in [2.24, 2.45) is 4.99 Å². The molecule has 1 saturated carbocycles. The molecule has 0 atom stereocenters. The molecule has 1 N–H and O–H groups in total. The SMILES string of the molecule is CCNC(=NCCCc1nnc(SC)n1C1CCCC1)N(C)Cc1cccc(F)c1.I. The minimum Gasteiger partial charge on any atom is -0.357 e. The predicted octanol–water partition coefficient (Wildman–Crippen LogP) is 4.90. The summed E-state index contributed by atoms with van der Waals surface area (Å²) in [6, 6.07) is 7.26. The molecule has 0 saturated heterocycles. The van der Waals surface area contributed by atoms with Crippen LogP contribution < -0.4 is 5.32 Å². The maximum absolute atomic E-state index is 13.5. The lowest BCUT2D eigenvalue weighted by Crippen LogP contribution is -2.38. The third-order valence-electron chi connectivity index (χ3n) is 5.43. The van der Waals surface area contributed by atoms with E-state index in [4.69, 9.17) is 4.99 Å². The number of benzene rings is 1. The molecule has 1 aliphatic carbocycles. The number of hydrogen-bond acceptors (Lipinski definition) is 4. The van der Waals surface area contributed by atoms with E-state index < -0.39 is 0 Å². The van der Waals surface area contributed by atoms with Crippen molar-refractivity contribution in [2.75, 3.05) is 26.4 Å². The number of thioether (sulfide) groups is 1. The Kier molecular flexibility index (Phi) is 11.1. The Balaban J connectivity index is 0.00000341. The topological polar surface area (TPSA) is 58.3 Å². The highest BCUT2D eigenvalue weighted by molar-refractivity contribution is 14.0. The van der Waals surface area contributed by atoms with Crippen LogP contribution in [0.2, 0.25) is 0 Å². The van der Waals surface area contributed by atoms with Crippen LogP contribution >= 0.6 is 35.7 Å². The Morgan fingerprint density at radius 1 is 1.32 bits per heavy atom. The summed E-state index contributed by atoms with van der Waals surface area (Å²) >= 11 is 1.68. The van der Waals surface area contributed by atoms with Crippen molar-refractivity contribution in [2.45, 2.75) is 63.2 Å². The standard InChI is InChI=1S/C22H33FN6S.HI/c1-4-24-21(28(2)16-17-9-7-10-18(23)15-17)25-14-8-13-20-26-27-22(30-3)29(20)19-11-5-6-12-19;/h7,9-10,15,19H,4-6,8,11-14,16H2,1-3H3,(H,24,25);1H. The van der Waals surface area contributed by atoms with Gasteiger partial charge in [0.25, 0.3) is 0 Å². The van der Waals surface area contributed by atoms with E-state index in [2.05, 4.69) is 33.3 Å². The summed E-state index contributed by atoms with van der Waals surface area (Å²) in [7, 11) is 1.98. The summed E-state index contributed by atoms with van der Waals surface area (Å²) in [4.78, 5) is 6.81. The van der Waals surface area contributed by atoms with Crippen LogP contribution in [0.15, 0.2) is 34.4 Å². The maximum atomic E-state index is 13.5. The van der Waals surface area contributed by atoms with Gasteiger partial charge in [0, 0.05) is 39.1 Å². The fourth-order valence-electron chi connectivity index (χ4n) is 4.02. The van der Waals surface area contributed by atoms with Crippen molar-refractivity contribution in [1.82, 2.24) is 25.0 Å². The molecule has 0 spiro atoms. The second kappa shape index (κ2) is 13.2.